The fourth-order valence-corrected chi connectivity index (χ4v) is 2.08. The van der Waals surface area contributed by atoms with Gasteiger partial charge in [0.15, 0.2) is 5.75 Å². The summed E-state index contributed by atoms with van der Waals surface area (Å²) in [5.41, 5.74) is 0.705. The molecule has 1 aromatic heterocycles. The molecule has 0 saturated heterocycles. The van der Waals surface area contributed by atoms with Gasteiger partial charge in [0.05, 0.1) is 25.5 Å². The third kappa shape index (κ3) is 3.81. The number of amides is 1. The summed E-state index contributed by atoms with van der Waals surface area (Å²) in [7, 11) is 3.03. The number of nitrogens with zero attached hydrogens (tertiary/aromatic N) is 1. The summed E-state index contributed by atoms with van der Waals surface area (Å²) in [5.74, 6) is -0.707. The van der Waals surface area contributed by atoms with Gasteiger partial charge in [0, 0.05) is 18.8 Å². The minimum absolute atomic E-state index is 0.160. The van der Waals surface area contributed by atoms with Crippen LogP contribution in [0.2, 0.25) is 0 Å². The van der Waals surface area contributed by atoms with Crippen LogP contribution in [0.15, 0.2) is 41.3 Å². The van der Waals surface area contributed by atoms with Crippen molar-refractivity contribution in [3.8, 4) is 5.75 Å². The fraction of sp³-hybridized carbons (Fsp3) is 0.235. The Morgan fingerprint density at radius 2 is 1.88 bits per heavy atom. The Morgan fingerprint density at radius 1 is 1.21 bits per heavy atom. The maximum Gasteiger partial charge on any atom is 0.338 e. The number of benzene rings is 1. The second kappa shape index (κ2) is 7.45. The van der Waals surface area contributed by atoms with Crippen LogP contribution in [0.3, 0.4) is 0 Å². The van der Waals surface area contributed by atoms with E-state index in [-0.39, 0.29) is 16.9 Å². The molecule has 24 heavy (non-hydrogen) atoms. The molecule has 2 rings (SSSR count). The number of pyridine rings is 1. The molecule has 0 saturated carbocycles. The first-order valence-electron chi connectivity index (χ1n) is 7.29. The van der Waals surface area contributed by atoms with Crippen molar-refractivity contribution in [2.24, 2.45) is 7.05 Å². The van der Waals surface area contributed by atoms with Crippen LogP contribution in [-0.4, -0.2) is 30.2 Å². The van der Waals surface area contributed by atoms with Crippen LogP contribution >= 0.6 is 0 Å². The van der Waals surface area contributed by atoms with Gasteiger partial charge in [-0.15, -0.1) is 0 Å². The Labute approximate surface area is 138 Å². The van der Waals surface area contributed by atoms with E-state index in [2.05, 4.69) is 5.32 Å². The minimum Gasteiger partial charge on any atom is -0.491 e. The molecule has 1 aromatic carbocycles. The summed E-state index contributed by atoms with van der Waals surface area (Å²) in [4.78, 5) is 35.7. The van der Waals surface area contributed by atoms with Gasteiger partial charge in [-0.25, -0.2) is 4.79 Å². The zero-order valence-corrected chi connectivity index (χ0v) is 13.7. The Bertz CT molecular complexity index is 809. The van der Waals surface area contributed by atoms with Crippen LogP contribution < -0.4 is 15.5 Å². The van der Waals surface area contributed by atoms with Crippen molar-refractivity contribution in [3.05, 3.63) is 58.0 Å². The molecule has 0 aliphatic heterocycles. The van der Waals surface area contributed by atoms with Crippen LogP contribution in [0, 0.1) is 0 Å². The number of rotatable bonds is 5. The minimum atomic E-state index is -0.443. The highest BCUT2D eigenvalue weighted by Crippen LogP contribution is 2.13. The molecular formula is C17H18N2O5. The van der Waals surface area contributed by atoms with Crippen LogP contribution in [0.1, 0.15) is 27.8 Å². The van der Waals surface area contributed by atoms with Crippen molar-refractivity contribution in [2.75, 3.05) is 19.0 Å². The first-order chi connectivity index (χ1) is 11.5. The number of methoxy groups -OCH3 is 1. The van der Waals surface area contributed by atoms with E-state index in [1.165, 1.54) is 23.9 Å². The molecule has 0 fully saturated rings. The Hall–Kier alpha value is -3.09. The number of ether oxygens (including phenoxy) is 2. The quantitative estimate of drug-likeness (QED) is 0.845. The van der Waals surface area contributed by atoms with Gasteiger partial charge in [-0.3, -0.25) is 9.59 Å². The highest BCUT2D eigenvalue weighted by Gasteiger charge is 2.13. The number of carbonyl (C=O) groups is 2. The molecule has 0 aliphatic carbocycles. The standard InChI is InChI=1S/C17H18N2O5/c1-4-24-17(22)11-5-7-12(8-6-11)18-16(21)13-9-14(20)15(23-3)10-19(13)2/h5-10H,4H2,1-3H3,(H,18,21). The summed E-state index contributed by atoms with van der Waals surface area (Å²) in [6, 6.07) is 7.50. The number of aromatic nitrogens is 1. The van der Waals surface area contributed by atoms with Gasteiger partial charge >= 0.3 is 5.97 Å². The zero-order valence-electron chi connectivity index (χ0n) is 13.7. The summed E-state index contributed by atoms with van der Waals surface area (Å²) in [5, 5.41) is 2.67. The van der Waals surface area contributed by atoms with Gasteiger partial charge in [-0.05, 0) is 31.2 Å². The first kappa shape index (κ1) is 17.3. The SMILES string of the molecule is CCOC(=O)c1ccc(NC(=O)c2cc(=O)c(OC)cn2C)cc1. The van der Waals surface area contributed by atoms with E-state index in [1.54, 1.807) is 38.2 Å². The molecule has 0 aliphatic rings. The molecule has 0 bridgehead atoms. The number of hydrogen-bond donors (Lipinski definition) is 1. The summed E-state index contributed by atoms with van der Waals surface area (Å²) in [6.07, 6.45) is 1.45. The lowest BCUT2D eigenvalue weighted by molar-refractivity contribution is 0.0526. The Balaban J connectivity index is 2.17. The zero-order chi connectivity index (χ0) is 17.7. The second-order valence-electron chi connectivity index (χ2n) is 4.95. The van der Waals surface area contributed by atoms with E-state index in [9.17, 15) is 14.4 Å². The van der Waals surface area contributed by atoms with Crippen molar-refractivity contribution in [3.63, 3.8) is 0 Å². The number of aryl methyl sites for hydroxylation is 1. The number of hydrogen-bond acceptors (Lipinski definition) is 5. The molecule has 2 aromatic rings. The van der Waals surface area contributed by atoms with Crippen LogP contribution in [0.25, 0.3) is 0 Å². The van der Waals surface area contributed by atoms with E-state index in [0.29, 0.717) is 17.9 Å². The molecular weight excluding hydrogens is 312 g/mol. The molecule has 0 unspecified atom stereocenters. The highest BCUT2D eigenvalue weighted by molar-refractivity contribution is 6.03. The number of anilines is 1. The van der Waals surface area contributed by atoms with Crippen molar-refractivity contribution in [1.29, 1.82) is 0 Å². The van der Waals surface area contributed by atoms with Gasteiger partial charge in [-0.2, -0.15) is 0 Å². The van der Waals surface area contributed by atoms with Gasteiger partial charge in [0.25, 0.3) is 5.91 Å². The maximum absolute atomic E-state index is 12.3. The van der Waals surface area contributed by atoms with Crippen LogP contribution in [-0.2, 0) is 11.8 Å². The normalized spacial score (nSPS) is 10.1. The van der Waals surface area contributed by atoms with Gasteiger partial charge < -0.3 is 19.4 Å². The fourth-order valence-electron chi connectivity index (χ4n) is 2.08. The molecule has 1 amide bonds. The van der Waals surface area contributed by atoms with Crippen LogP contribution in [0.5, 0.6) is 5.75 Å². The van der Waals surface area contributed by atoms with Gasteiger partial charge in [-0.1, -0.05) is 0 Å². The van der Waals surface area contributed by atoms with Crippen molar-refractivity contribution < 1.29 is 19.1 Å². The summed E-state index contributed by atoms with van der Waals surface area (Å²) in [6.45, 7) is 2.02. The second-order valence-corrected chi connectivity index (χ2v) is 4.95. The monoisotopic (exact) mass is 330 g/mol. The Kier molecular flexibility index (Phi) is 5.36. The maximum atomic E-state index is 12.3. The van der Waals surface area contributed by atoms with Gasteiger partial charge in [0.1, 0.15) is 5.69 Å². The lowest BCUT2D eigenvalue weighted by atomic mass is 10.2. The van der Waals surface area contributed by atoms with E-state index in [0.717, 1.165) is 0 Å². The van der Waals surface area contributed by atoms with Crippen molar-refractivity contribution in [2.45, 2.75) is 6.92 Å². The predicted molar refractivity (Wildman–Crippen MR) is 88.6 cm³/mol. The number of nitrogens with one attached hydrogen (secondary N) is 1. The molecule has 0 radical (unpaired) electrons. The third-order valence-electron chi connectivity index (χ3n) is 3.31. The predicted octanol–water partition coefficient (Wildman–Crippen LogP) is 1.82. The topological polar surface area (TPSA) is 86.6 Å². The van der Waals surface area contributed by atoms with Gasteiger partial charge in [0.2, 0.25) is 5.43 Å². The van der Waals surface area contributed by atoms with Crippen LogP contribution in [0.4, 0.5) is 5.69 Å². The van der Waals surface area contributed by atoms with Crippen molar-refractivity contribution in [1.82, 2.24) is 4.57 Å². The highest BCUT2D eigenvalue weighted by atomic mass is 16.5. The smallest absolute Gasteiger partial charge is 0.338 e. The van der Waals surface area contributed by atoms with Crippen molar-refractivity contribution >= 4 is 17.6 Å². The molecule has 0 atom stereocenters. The average Bonchev–Trinajstić information content (AvgIpc) is 2.57. The lowest BCUT2D eigenvalue weighted by Gasteiger charge is -2.11. The number of carbonyl (C=O) groups excluding carboxylic acids is 2. The van der Waals surface area contributed by atoms with E-state index in [4.69, 9.17) is 9.47 Å². The number of esters is 1. The largest absolute Gasteiger partial charge is 0.491 e. The molecule has 7 heteroatoms. The molecule has 0 spiro atoms. The molecule has 1 heterocycles. The Morgan fingerprint density at radius 3 is 2.46 bits per heavy atom. The van der Waals surface area contributed by atoms with E-state index >= 15 is 0 Å². The van der Waals surface area contributed by atoms with E-state index < -0.39 is 11.9 Å². The summed E-state index contributed by atoms with van der Waals surface area (Å²) >= 11 is 0. The first-order valence-corrected chi connectivity index (χ1v) is 7.29. The molecule has 7 nitrogen and oxygen atoms in total. The summed E-state index contributed by atoms with van der Waals surface area (Å²) < 4.78 is 11.3. The molecule has 1 N–H and O–H groups in total. The molecule has 126 valence electrons. The lowest BCUT2D eigenvalue weighted by Crippen LogP contribution is -2.21. The average molecular weight is 330 g/mol. The third-order valence-corrected chi connectivity index (χ3v) is 3.31. The van der Waals surface area contributed by atoms with E-state index in [1.807, 2.05) is 0 Å².